The Morgan fingerprint density at radius 1 is 1.00 bits per heavy atom. The molecular formula is C8H15N5O. The summed E-state index contributed by atoms with van der Waals surface area (Å²) in [7, 11) is 1.53. The average Bonchev–Trinajstić information content (AvgIpc) is 2.18. The molecule has 1 heterocycles. The SMILES string of the molecule is CCNc1nc(NCC)nc(OC)n1. The first-order valence-corrected chi connectivity index (χ1v) is 4.58. The Hall–Kier alpha value is -1.59. The van der Waals surface area contributed by atoms with Crippen LogP contribution in [-0.4, -0.2) is 35.2 Å². The lowest BCUT2D eigenvalue weighted by Gasteiger charge is -2.06. The lowest BCUT2D eigenvalue weighted by Crippen LogP contribution is -2.09. The standard InChI is InChI=1S/C8H15N5O/c1-4-9-6-11-7(10-5-2)13-8(12-6)14-3/h4-5H2,1-3H3,(H2,9,10,11,12,13). The Morgan fingerprint density at radius 3 is 1.86 bits per heavy atom. The molecule has 0 aliphatic heterocycles. The van der Waals surface area contributed by atoms with E-state index >= 15 is 0 Å². The van der Waals surface area contributed by atoms with Crippen molar-refractivity contribution in [3.63, 3.8) is 0 Å². The molecule has 2 N–H and O–H groups in total. The zero-order valence-electron chi connectivity index (χ0n) is 8.66. The van der Waals surface area contributed by atoms with E-state index in [0.29, 0.717) is 17.9 Å². The highest BCUT2D eigenvalue weighted by Gasteiger charge is 2.04. The van der Waals surface area contributed by atoms with Gasteiger partial charge in [0.25, 0.3) is 0 Å². The van der Waals surface area contributed by atoms with E-state index in [-0.39, 0.29) is 0 Å². The number of hydrogen-bond donors (Lipinski definition) is 2. The zero-order chi connectivity index (χ0) is 10.4. The molecule has 0 aliphatic carbocycles. The third kappa shape index (κ3) is 2.72. The number of hydrogen-bond acceptors (Lipinski definition) is 6. The van der Waals surface area contributed by atoms with Crippen LogP contribution in [0.4, 0.5) is 11.9 Å². The van der Waals surface area contributed by atoms with Crippen molar-refractivity contribution in [2.45, 2.75) is 13.8 Å². The highest BCUT2D eigenvalue weighted by molar-refractivity contribution is 5.35. The summed E-state index contributed by atoms with van der Waals surface area (Å²) in [5, 5.41) is 6.00. The van der Waals surface area contributed by atoms with Crippen LogP contribution in [0, 0.1) is 0 Å². The minimum atomic E-state index is 0.312. The molecule has 1 aromatic heterocycles. The van der Waals surface area contributed by atoms with Crippen LogP contribution < -0.4 is 15.4 Å². The van der Waals surface area contributed by atoms with Crippen LogP contribution in [0.15, 0.2) is 0 Å². The fourth-order valence-corrected chi connectivity index (χ4v) is 0.922. The molecule has 6 heteroatoms. The number of nitrogens with zero attached hydrogens (tertiary/aromatic N) is 3. The van der Waals surface area contributed by atoms with Gasteiger partial charge in [-0.1, -0.05) is 0 Å². The molecule has 0 bridgehead atoms. The van der Waals surface area contributed by atoms with Crippen LogP contribution in [0.2, 0.25) is 0 Å². The molecule has 0 atom stereocenters. The lowest BCUT2D eigenvalue weighted by molar-refractivity contribution is 0.379. The second-order valence-electron chi connectivity index (χ2n) is 2.53. The molecule has 0 aromatic carbocycles. The first-order chi connectivity index (χ1) is 6.80. The van der Waals surface area contributed by atoms with Gasteiger partial charge in [0.1, 0.15) is 0 Å². The highest BCUT2D eigenvalue weighted by atomic mass is 16.5. The molecule has 0 unspecified atom stereocenters. The predicted molar refractivity (Wildman–Crippen MR) is 54.7 cm³/mol. The second-order valence-corrected chi connectivity index (χ2v) is 2.53. The minimum absolute atomic E-state index is 0.312. The van der Waals surface area contributed by atoms with E-state index in [1.807, 2.05) is 13.8 Å². The van der Waals surface area contributed by atoms with Crippen molar-refractivity contribution in [2.75, 3.05) is 30.8 Å². The van der Waals surface area contributed by atoms with Crippen LogP contribution >= 0.6 is 0 Å². The van der Waals surface area contributed by atoms with E-state index < -0.39 is 0 Å². The van der Waals surface area contributed by atoms with E-state index in [4.69, 9.17) is 4.74 Å². The molecule has 6 nitrogen and oxygen atoms in total. The first kappa shape index (κ1) is 10.5. The van der Waals surface area contributed by atoms with Gasteiger partial charge < -0.3 is 15.4 Å². The van der Waals surface area contributed by atoms with Crippen molar-refractivity contribution in [3.05, 3.63) is 0 Å². The lowest BCUT2D eigenvalue weighted by atomic mass is 10.7. The minimum Gasteiger partial charge on any atom is -0.467 e. The summed E-state index contributed by atoms with van der Waals surface area (Å²) in [5.74, 6) is 1.05. The average molecular weight is 197 g/mol. The van der Waals surface area contributed by atoms with E-state index in [1.165, 1.54) is 7.11 Å². The number of nitrogens with one attached hydrogen (secondary N) is 2. The molecule has 0 fully saturated rings. The Bertz CT molecular complexity index is 267. The van der Waals surface area contributed by atoms with Crippen LogP contribution in [0.5, 0.6) is 6.01 Å². The molecule has 0 radical (unpaired) electrons. The fourth-order valence-electron chi connectivity index (χ4n) is 0.922. The monoisotopic (exact) mass is 197 g/mol. The molecule has 14 heavy (non-hydrogen) atoms. The topological polar surface area (TPSA) is 72.0 Å². The molecule has 1 aromatic rings. The van der Waals surface area contributed by atoms with Crippen molar-refractivity contribution in [3.8, 4) is 6.01 Å². The number of methoxy groups -OCH3 is 1. The molecule has 0 aliphatic rings. The summed E-state index contributed by atoms with van der Waals surface area (Å²) in [6, 6.07) is 0.312. The van der Waals surface area contributed by atoms with Crippen molar-refractivity contribution in [1.29, 1.82) is 0 Å². The van der Waals surface area contributed by atoms with Gasteiger partial charge in [-0.3, -0.25) is 0 Å². The summed E-state index contributed by atoms with van der Waals surface area (Å²) in [4.78, 5) is 12.2. The largest absolute Gasteiger partial charge is 0.467 e. The van der Waals surface area contributed by atoms with Crippen LogP contribution in [0.25, 0.3) is 0 Å². The van der Waals surface area contributed by atoms with Crippen molar-refractivity contribution in [1.82, 2.24) is 15.0 Å². The fraction of sp³-hybridized carbons (Fsp3) is 0.625. The first-order valence-electron chi connectivity index (χ1n) is 4.58. The van der Waals surface area contributed by atoms with Gasteiger partial charge in [-0.05, 0) is 13.8 Å². The van der Waals surface area contributed by atoms with Gasteiger partial charge in [-0.15, -0.1) is 0 Å². The van der Waals surface area contributed by atoms with Gasteiger partial charge in [0.05, 0.1) is 7.11 Å². The highest BCUT2D eigenvalue weighted by Crippen LogP contribution is 2.09. The molecule has 0 spiro atoms. The third-order valence-corrected chi connectivity index (χ3v) is 1.47. The molecule has 0 saturated heterocycles. The summed E-state index contributed by atoms with van der Waals surface area (Å²) in [5.41, 5.74) is 0. The van der Waals surface area contributed by atoms with Gasteiger partial charge in [-0.2, -0.15) is 15.0 Å². The normalized spacial score (nSPS) is 9.64. The van der Waals surface area contributed by atoms with Crippen molar-refractivity contribution < 1.29 is 4.74 Å². The van der Waals surface area contributed by atoms with Gasteiger partial charge in [-0.25, -0.2) is 0 Å². The Kier molecular flexibility index (Phi) is 3.90. The zero-order valence-corrected chi connectivity index (χ0v) is 8.66. The van der Waals surface area contributed by atoms with E-state index in [9.17, 15) is 0 Å². The molecular weight excluding hydrogens is 182 g/mol. The summed E-state index contributed by atoms with van der Waals surface area (Å²) >= 11 is 0. The Balaban J connectivity index is 2.88. The van der Waals surface area contributed by atoms with Crippen LogP contribution in [0.1, 0.15) is 13.8 Å². The number of rotatable bonds is 5. The van der Waals surface area contributed by atoms with Crippen LogP contribution in [-0.2, 0) is 0 Å². The molecule has 78 valence electrons. The summed E-state index contributed by atoms with van der Waals surface area (Å²) < 4.78 is 4.95. The molecule has 1 rings (SSSR count). The van der Waals surface area contributed by atoms with Gasteiger partial charge in [0.2, 0.25) is 11.9 Å². The summed E-state index contributed by atoms with van der Waals surface area (Å²) in [6.07, 6.45) is 0. The van der Waals surface area contributed by atoms with E-state index in [2.05, 4.69) is 25.6 Å². The van der Waals surface area contributed by atoms with Gasteiger partial charge >= 0.3 is 6.01 Å². The predicted octanol–water partition coefficient (Wildman–Crippen LogP) is 0.744. The van der Waals surface area contributed by atoms with Gasteiger partial charge in [0.15, 0.2) is 0 Å². The molecule has 0 amide bonds. The number of aromatic nitrogens is 3. The maximum Gasteiger partial charge on any atom is 0.322 e. The maximum atomic E-state index is 4.95. The third-order valence-electron chi connectivity index (χ3n) is 1.47. The number of ether oxygens (including phenoxy) is 1. The Labute approximate surface area is 83.1 Å². The Morgan fingerprint density at radius 2 is 1.50 bits per heavy atom. The quantitative estimate of drug-likeness (QED) is 0.725. The van der Waals surface area contributed by atoms with Crippen molar-refractivity contribution in [2.24, 2.45) is 0 Å². The maximum absolute atomic E-state index is 4.95. The van der Waals surface area contributed by atoms with Crippen LogP contribution in [0.3, 0.4) is 0 Å². The smallest absolute Gasteiger partial charge is 0.322 e. The van der Waals surface area contributed by atoms with Crippen molar-refractivity contribution >= 4 is 11.9 Å². The molecule has 0 saturated carbocycles. The second kappa shape index (κ2) is 5.21. The number of anilines is 2. The summed E-state index contributed by atoms with van der Waals surface area (Å²) in [6.45, 7) is 5.48. The van der Waals surface area contributed by atoms with Gasteiger partial charge in [0, 0.05) is 13.1 Å². The van der Waals surface area contributed by atoms with E-state index in [1.54, 1.807) is 0 Å². The van der Waals surface area contributed by atoms with E-state index in [0.717, 1.165) is 13.1 Å².